The first-order valence-electron chi connectivity index (χ1n) is 4.87. The molecule has 0 saturated heterocycles. The Kier molecular flexibility index (Phi) is 3.73. The average molecular weight is 230 g/mol. The summed E-state index contributed by atoms with van der Waals surface area (Å²) >= 11 is 0. The molecule has 0 aliphatic rings. The lowest BCUT2D eigenvalue weighted by Crippen LogP contribution is -2.20. The van der Waals surface area contributed by atoms with Gasteiger partial charge in [0.15, 0.2) is 0 Å². The molecule has 0 fully saturated rings. The van der Waals surface area contributed by atoms with Gasteiger partial charge in [-0.1, -0.05) is 32.0 Å². The maximum Gasteiger partial charge on any atom is 0.300 e. The van der Waals surface area contributed by atoms with E-state index in [0.29, 0.717) is 5.56 Å². The van der Waals surface area contributed by atoms with Crippen LogP contribution in [-0.2, 0) is 5.41 Å². The first-order valence-corrected chi connectivity index (χ1v) is 4.87. The van der Waals surface area contributed by atoms with Crippen molar-refractivity contribution in [3.63, 3.8) is 0 Å². The van der Waals surface area contributed by atoms with Crippen LogP contribution in [0.4, 0.5) is 13.2 Å². The maximum atomic E-state index is 12.7. The largest absolute Gasteiger partial charge is 0.300 e. The average Bonchev–Trinajstić information content (AvgIpc) is 2.28. The summed E-state index contributed by atoms with van der Waals surface area (Å²) in [6.07, 6.45) is -3.02. The number of carbonyl (C=O) groups excluding carboxylic acids is 1. The fraction of sp³-hybridized carbons (Fsp3) is 0.417. The molecule has 1 nitrogen and oxygen atoms in total. The minimum Gasteiger partial charge on any atom is -0.288 e. The van der Waals surface area contributed by atoms with Crippen LogP contribution in [0.1, 0.15) is 29.8 Å². The van der Waals surface area contributed by atoms with E-state index in [1.807, 2.05) is 0 Å². The molecule has 0 radical (unpaired) electrons. The Bertz CT molecular complexity index is 386. The number of carbonyl (C=O) groups is 1. The maximum absolute atomic E-state index is 12.7. The number of hydrogen-bond donors (Lipinski definition) is 0. The Balaban J connectivity index is 3.09. The minimum absolute atomic E-state index is 0.0750. The smallest absolute Gasteiger partial charge is 0.288 e. The van der Waals surface area contributed by atoms with Crippen molar-refractivity contribution in [1.82, 2.24) is 0 Å². The van der Waals surface area contributed by atoms with Crippen LogP contribution in [-0.4, -0.2) is 18.9 Å². The molecule has 1 aromatic rings. The summed E-state index contributed by atoms with van der Waals surface area (Å²) in [6, 6.07) is 5.75. The fourth-order valence-corrected chi connectivity index (χ4v) is 1.30. The van der Waals surface area contributed by atoms with Crippen molar-refractivity contribution in [1.29, 1.82) is 0 Å². The summed E-state index contributed by atoms with van der Waals surface area (Å²) in [5.74, 6) is -1.23. The van der Waals surface area contributed by atoms with Crippen molar-refractivity contribution in [3.05, 3.63) is 35.4 Å². The van der Waals surface area contributed by atoms with Gasteiger partial charge in [0.25, 0.3) is 0 Å². The summed E-state index contributed by atoms with van der Waals surface area (Å²) in [5, 5.41) is 0. The van der Waals surface area contributed by atoms with Gasteiger partial charge in [-0.15, -0.1) is 0 Å². The van der Waals surface area contributed by atoms with Crippen LogP contribution in [0.15, 0.2) is 24.3 Å². The number of hydrogen-bond acceptors (Lipinski definition) is 1. The van der Waals surface area contributed by atoms with E-state index < -0.39 is 24.3 Å². The predicted octanol–water partition coefficient (Wildman–Crippen LogP) is 3.38. The minimum atomic E-state index is -3.02. The van der Waals surface area contributed by atoms with E-state index in [-0.39, 0.29) is 5.56 Å². The van der Waals surface area contributed by atoms with E-state index >= 15 is 0 Å². The molecular formula is C12H13F3O. The van der Waals surface area contributed by atoms with Crippen molar-refractivity contribution in [2.75, 3.05) is 6.67 Å². The molecule has 0 unspecified atom stereocenters. The highest BCUT2D eigenvalue weighted by Gasteiger charge is 2.23. The normalized spacial score (nSPS) is 11.9. The molecule has 0 aromatic heterocycles. The molecule has 0 bridgehead atoms. The van der Waals surface area contributed by atoms with Gasteiger partial charge >= 0.3 is 6.43 Å². The molecular weight excluding hydrogens is 217 g/mol. The number of Topliss-reactive ketones (excluding diaryl/α,β-unsaturated/α-hetero) is 1. The number of alkyl halides is 3. The van der Waals surface area contributed by atoms with Crippen LogP contribution in [0, 0.1) is 0 Å². The van der Waals surface area contributed by atoms with Gasteiger partial charge in [0, 0.05) is 11.0 Å². The second-order valence-electron chi connectivity index (χ2n) is 4.26. The van der Waals surface area contributed by atoms with Crippen LogP contribution in [0.3, 0.4) is 0 Å². The third-order valence-corrected chi connectivity index (χ3v) is 2.46. The molecule has 0 aliphatic heterocycles. The number of rotatable bonds is 4. The third kappa shape index (κ3) is 2.62. The highest BCUT2D eigenvalue weighted by atomic mass is 19.3. The highest BCUT2D eigenvalue weighted by Crippen LogP contribution is 2.25. The standard InChI is InChI=1S/C12H13F3O/c1-12(2,7-13)9-5-3-4-8(6-9)10(16)11(14)15/h3-6,11H,7H2,1-2H3. The fourth-order valence-electron chi connectivity index (χ4n) is 1.30. The summed E-state index contributed by atoms with van der Waals surface area (Å²) in [4.78, 5) is 11.1. The van der Waals surface area contributed by atoms with E-state index in [2.05, 4.69) is 0 Å². The van der Waals surface area contributed by atoms with Crippen LogP contribution in [0.25, 0.3) is 0 Å². The molecule has 0 atom stereocenters. The molecule has 0 aliphatic carbocycles. The van der Waals surface area contributed by atoms with Gasteiger partial charge in [0.1, 0.15) is 0 Å². The van der Waals surface area contributed by atoms with E-state index in [1.54, 1.807) is 19.9 Å². The Morgan fingerprint density at radius 1 is 1.38 bits per heavy atom. The van der Waals surface area contributed by atoms with Gasteiger partial charge in [-0.25, -0.2) is 8.78 Å². The molecule has 1 rings (SSSR count). The van der Waals surface area contributed by atoms with Crippen molar-refractivity contribution in [2.24, 2.45) is 0 Å². The predicted molar refractivity (Wildman–Crippen MR) is 55.8 cm³/mol. The molecule has 0 N–H and O–H groups in total. The first-order chi connectivity index (χ1) is 7.38. The van der Waals surface area contributed by atoms with Gasteiger partial charge in [0.05, 0.1) is 6.67 Å². The third-order valence-electron chi connectivity index (χ3n) is 2.46. The SMILES string of the molecule is CC(C)(CF)c1cccc(C(=O)C(F)F)c1. The van der Waals surface area contributed by atoms with E-state index in [1.165, 1.54) is 18.2 Å². The zero-order chi connectivity index (χ0) is 12.3. The lowest BCUT2D eigenvalue weighted by molar-refractivity contribution is 0.0678. The summed E-state index contributed by atoms with van der Waals surface area (Å²) in [7, 11) is 0. The van der Waals surface area contributed by atoms with Gasteiger partial charge < -0.3 is 0 Å². The molecule has 88 valence electrons. The second-order valence-corrected chi connectivity index (χ2v) is 4.26. The summed E-state index contributed by atoms with van der Waals surface area (Å²) in [5.41, 5.74) is -0.297. The van der Waals surface area contributed by atoms with Gasteiger partial charge in [-0.2, -0.15) is 0 Å². The van der Waals surface area contributed by atoms with Gasteiger partial charge in [-0.3, -0.25) is 9.18 Å². The van der Waals surface area contributed by atoms with Crippen LogP contribution in [0.5, 0.6) is 0 Å². The van der Waals surface area contributed by atoms with Gasteiger partial charge in [-0.05, 0) is 11.6 Å². The van der Waals surface area contributed by atoms with Crippen molar-refractivity contribution in [3.8, 4) is 0 Å². The quantitative estimate of drug-likeness (QED) is 0.725. The van der Waals surface area contributed by atoms with Crippen molar-refractivity contribution >= 4 is 5.78 Å². The van der Waals surface area contributed by atoms with Crippen LogP contribution in [0.2, 0.25) is 0 Å². The van der Waals surface area contributed by atoms with E-state index in [4.69, 9.17) is 0 Å². The lowest BCUT2D eigenvalue weighted by Gasteiger charge is -2.21. The number of halogens is 3. The molecule has 1 aromatic carbocycles. The van der Waals surface area contributed by atoms with Gasteiger partial charge in [0.2, 0.25) is 5.78 Å². The van der Waals surface area contributed by atoms with Crippen LogP contribution < -0.4 is 0 Å². The summed E-state index contributed by atoms with van der Waals surface area (Å²) in [6.45, 7) is 2.69. The highest BCUT2D eigenvalue weighted by molar-refractivity contribution is 5.98. The molecule has 4 heteroatoms. The van der Waals surface area contributed by atoms with Crippen molar-refractivity contribution in [2.45, 2.75) is 25.7 Å². The summed E-state index contributed by atoms with van der Waals surface area (Å²) < 4.78 is 37.1. The Hall–Kier alpha value is -1.32. The second kappa shape index (κ2) is 4.68. The number of benzene rings is 1. The molecule has 0 heterocycles. The number of ketones is 1. The van der Waals surface area contributed by atoms with E-state index in [9.17, 15) is 18.0 Å². The van der Waals surface area contributed by atoms with Crippen LogP contribution >= 0.6 is 0 Å². The molecule has 16 heavy (non-hydrogen) atoms. The first kappa shape index (κ1) is 12.7. The molecule has 0 spiro atoms. The molecule has 0 saturated carbocycles. The lowest BCUT2D eigenvalue weighted by atomic mass is 9.85. The monoisotopic (exact) mass is 230 g/mol. The zero-order valence-corrected chi connectivity index (χ0v) is 9.14. The Morgan fingerprint density at radius 2 is 2.00 bits per heavy atom. The van der Waals surface area contributed by atoms with E-state index in [0.717, 1.165) is 0 Å². The molecule has 0 amide bonds. The zero-order valence-electron chi connectivity index (χ0n) is 9.14. The topological polar surface area (TPSA) is 17.1 Å². The van der Waals surface area contributed by atoms with Crippen molar-refractivity contribution < 1.29 is 18.0 Å². The Morgan fingerprint density at radius 3 is 2.50 bits per heavy atom. The Labute approximate surface area is 92.3 Å².